The number of amides is 1. The summed E-state index contributed by atoms with van der Waals surface area (Å²) < 4.78 is 0. The van der Waals surface area contributed by atoms with Crippen molar-refractivity contribution in [2.45, 2.75) is 79.6 Å². The largest absolute Gasteiger partial charge is 0.356 e. The van der Waals surface area contributed by atoms with Crippen LogP contribution in [0, 0.1) is 28.6 Å². The van der Waals surface area contributed by atoms with E-state index in [1.54, 1.807) is 11.1 Å². The van der Waals surface area contributed by atoms with Crippen LogP contribution in [0.5, 0.6) is 0 Å². The van der Waals surface area contributed by atoms with Crippen LogP contribution in [0.25, 0.3) is 0 Å². The van der Waals surface area contributed by atoms with Crippen LogP contribution in [0.15, 0.2) is 23.3 Å². The molecule has 0 aromatic carbocycles. The zero-order valence-corrected chi connectivity index (χ0v) is 17.0. The highest BCUT2D eigenvalue weighted by Gasteiger charge is 2.56. The monoisotopic (exact) mass is 343 g/mol. The Morgan fingerprint density at radius 3 is 2.76 bits per heavy atom. The molecular formula is C23H37NO. The molecule has 1 fully saturated rings. The molecule has 4 atom stereocenters. The van der Waals surface area contributed by atoms with E-state index in [2.05, 4.69) is 52.1 Å². The molecule has 0 heterocycles. The Labute approximate surface area is 154 Å². The molecule has 140 valence electrons. The molecule has 1 amide bonds. The van der Waals surface area contributed by atoms with Crippen molar-refractivity contribution in [3.63, 3.8) is 0 Å². The smallest absolute Gasteiger partial charge is 0.226 e. The van der Waals surface area contributed by atoms with Gasteiger partial charge in [-0.3, -0.25) is 4.79 Å². The lowest BCUT2D eigenvalue weighted by Gasteiger charge is -2.57. The molecule has 2 nitrogen and oxygen atoms in total. The third kappa shape index (κ3) is 3.11. The zero-order valence-electron chi connectivity index (χ0n) is 17.0. The second kappa shape index (κ2) is 6.93. The Hall–Kier alpha value is -1.05. The molecule has 0 saturated heterocycles. The number of hydrogen-bond donors (Lipinski definition) is 1. The van der Waals surface area contributed by atoms with Gasteiger partial charge in [-0.15, -0.1) is 0 Å². The van der Waals surface area contributed by atoms with E-state index in [9.17, 15) is 4.79 Å². The van der Waals surface area contributed by atoms with Gasteiger partial charge < -0.3 is 5.32 Å². The van der Waals surface area contributed by atoms with E-state index >= 15 is 0 Å². The van der Waals surface area contributed by atoms with Gasteiger partial charge in [0, 0.05) is 6.54 Å². The second-order valence-electron chi connectivity index (χ2n) is 9.49. The molecule has 0 radical (unpaired) electrons. The fourth-order valence-electron chi connectivity index (χ4n) is 6.06. The molecular weight excluding hydrogens is 306 g/mol. The Balaban J connectivity index is 1.91. The highest BCUT2D eigenvalue weighted by Crippen LogP contribution is 2.62. The van der Waals surface area contributed by atoms with Gasteiger partial charge >= 0.3 is 0 Å². The minimum Gasteiger partial charge on any atom is -0.356 e. The predicted molar refractivity (Wildman–Crippen MR) is 105 cm³/mol. The van der Waals surface area contributed by atoms with Crippen LogP contribution in [0.3, 0.4) is 0 Å². The van der Waals surface area contributed by atoms with Crippen LogP contribution >= 0.6 is 0 Å². The van der Waals surface area contributed by atoms with Crippen LogP contribution in [-0.2, 0) is 4.79 Å². The van der Waals surface area contributed by atoms with Crippen molar-refractivity contribution in [2.24, 2.45) is 28.6 Å². The van der Waals surface area contributed by atoms with Crippen LogP contribution in [0.2, 0.25) is 0 Å². The molecule has 3 rings (SSSR count). The lowest BCUT2D eigenvalue weighted by Crippen LogP contribution is -2.55. The summed E-state index contributed by atoms with van der Waals surface area (Å²) in [5.41, 5.74) is 3.27. The lowest BCUT2D eigenvalue weighted by molar-refractivity contribution is -0.144. The minimum absolute atomic E-state index is 0.202. The molecule has 0 aromatic rings. The maximum atomic E-state index is 13.0. The van der Waals surface area contributed by atoms with Gasteiger partial charge in [0.25, 0.3) is 0 Å². The summed E-state index contributed by atoms with van der Waals surface area (Å²) in [6.45, 7) is 12.3. The summed E-state index contributed by atoms with van der Waals surface area (Å²) in [6, 6.07) is 0. The number of carbonyl (C=O) groups is 1. The molecule has 1 saturated carbocycles. The normalized spacial score (nSPS) is 37.7. The summed E-state index contributed by atoms with van der Waals surface area (Å²) in [4.78, 5) is 13.0. The van der Waals surface area contributed by atoms with Crippen molar-refractivity contribution in [3.8, 4) is 0 Å². The molecule has 3 aliphatic rings. The van der Waals surface area contributed by atoms with Gasteiger partial charge in [0.15, 0.2) is 0 Å². The maximum Gasteiger partial charge on any atom is 0.226 e. The highest BCUT2D eigenvalue weighted by molar-refractivity contribution is 5.83. The van der Waals surface area contributed by atoms with E-state index in [4.69, 9.17) is 0 Å². The summed E-state index contributed by atoms with van der Waals surface area (Å²) in [5.74, 6) is 2.08. The SMILES string of the molecule is CCCNC(=O)[C@@]1(C)CCC[C@@]2(C)C1CC=C1C=C(C(C)C)CC[C@H]12. The lowest BCUT2D eigenvalue weighted by atomic mass is 9.46. The number of nitrogens with one attached hydrogen (secondary N) is 1. The summed E-state index contributed by atoms with van der Waals surface area (Å²) in [6.07, 6.45) is 13.1. The van der Waals surface area contributed by atoms with Crippen molar-refractivity contribution < 1.29 is 4.79 Å². The third-order valence-electron chi connectivity index (χ3n) is 7.63. The fraction of sp³-hybridized carbons (Fsp3) is 0.783. The summed E-state index contributed by atoms with van der Waals surface area (Å²) in [7, 11) is 0. The van der Waals surface area contributed by atoms with Crippen molar-refractivity contribution in [1.82, 2.24) is 5.32 Å². The average Bonchev–Trinajstić information content (AvgIpc) is 2.58. The predicted octanol–water partition coefficient (Wildman–Crippen LogP) is 5.65. The molecule has 3 aliphatic carbocycles. The standard InChI is InChI=1S/C23H37NO/c1-6-14-24-21(25)23(5)13-7-12-22(4)19-10-8-17(16(2)3)15-18(19)9-11-20(22)23/h9,15-16,19-20H,6-8,10-14H2,1-5H3,(H,24,25)/t19-,20?,22-,23+/m1/s1. The first-order valence-corrected chi connectivity index (χ1v) is 10.5. The van der Waals surface area contributed by atoms with Gasteiger partial charge in [-0.05, 0) is 67.3 Å². The van der Waals surface area contributed by atoms with E-state index in [1.165, 1.54) is 25.7 Å². The van der Waals surface area contributed by atoms with Gasteiger partial charge in [-0.25, -0.2) is 0 Å². The zero-order chi connectivity index (χ0) is 18.2. The number of fused-ring (bicyclic) bond motifs is 3. The Morgan fingerprint density at radius 1 is 1.32 bits per heavy atom. The van der Waals surface area contributed by atoms with Gasteiger partial charge in [-0.2, -0.15) is 0 Å². The van der Waals surface area contributed by atoms with Gasteiger partial charge in [0.05, 0.1) is 5.41 Å². The first kappa shape index (κ1) is 18.7. The van der Waals surface area contributed by atoms with Gasteiger partial charge in [0.1, 0.15) is 0 Å². The van der Waals surface area contributed by atoms with Gasteiger partial charge in [0.2, 0.25) is 5.91 Å². The second-order valence-corrected chi connectivity index (χ2v) is 9.49. The van der Waals surface area contributed by atoms with E-state index in [0.717, 1.165) is 25.8 Å². The van der Waals surface area contributed by atoms with Crippen LogP contribution in [-0.4, -0.2) is 12.5 Å². The number of carbonyl (C=O) groups excluding carboxylic acids is 1. The van der Waals surface area contributed by atoms with Crippen molar-refractivity contribution in [2.75, 3.05) is 6.54 Å². The van der Waals surface area contributed by atoms with Crippen molar-refractivity contribution in [1.29, 1.82) is 0 Å². The summed E-state index contributed by atoms with van der Waals surface area (Å²) in [5, 5.41) is 3.22. The highest BCUT2D eigenvalue weighted by atomic mass is 16.2. The Bertz CT molecular complexity index is 587. The minimum atomic E-state index is -0.202. The molecule has 0 aromatic heterocycles. The molecule has 0 bridgehead atoms. The average molecular weight is 344 g/mol. The first-order valence-electron chi connectivity index (χ1n) is 10.5. The molecule has 2 heteroatoms. The Morgan fingerprint density at radius 2 is 2.08 bits per heavy atom. The number of allylic oxidation sites excluding steroid dienone is 4. The number of rotatable bonds is 4. The van der Waals surface area contributed by atoms with E-state index in [0.29, 0.717) is 23.7 Å². The molecule has 1 unspecified atom stereocenters. The molecule has 25 heavy (non-hydrogen) atoms. The van der Waals surface area contributed by atoms with Crippen LogP contribution < -0.4 is 5.32 Å². The molecule has 0 aliphatic heterocycles. The van der Waals surface area contributed by atoms with E-state index < -0.39 is 0 Å². The van der Waals surface area contributed by atoms with E-state index in [-0.39, 0.29) is 10.8 Å². The van der Waals surface area contributed by atoms with Crippen molar-refractivity contribution in [3.05, 3.63) is 23.3 Å². The van der Waals surface area contributed by atoms with Crippen LogP contribution in [0.1, 0.15) is 79.6 Å². The maximum absolute atomic E-state index is 13.0. The number of hydrogen-bond acceptors (Lipinski definition) is 1. The van der Waals surface area contributed by atoms with E-state index in [1.807, 2.05) is 0 Å². The first-order chi connectivity index (χ1) is 11.8. The fourth-order valence-corrected chi connectivity index (χ4v) is 6.06. The van der Waals surface area contributed by atoms with Crippen molar-refractivity contribution >= 4 is 5.91 Å². The van der Waals surface area contributed by atoms with Crippen LogP contribution in [0.4, 0.5) is 0 Å². The molecule has 0 spiro atoms. The van der Waals surface area contributed by atoms with Gasteiger partial charge in [-0.1, -0.05) is 58.8 Å². The summed E-state index contributed by atoms with van der Waals surface area (Å²) >= 11 is 0. The topological polar surface area (TPSA) is 29.1 Å². The quantitative estimate of drug-likeness (QED) is 0.702. The molecule has 1 N–H and O–H groups in total. The Kier molecular flexibility index (Phi) is 5.19. The third-order valence-corrected chi connectivity index (χ3v) is 7.63.